The number of esters is 1. The van der Waals surface area contributed by atoms with Crippen molar-refractivity contribution in [2.45, 2.75) is 19.5 Å². The molecule has 0 radical (unpaired) electrons. The Morgan fingerprint density at radius 3 is 2.50 bits per heavy atom. The van der Waals surface area contributed by atoms with Crippen LogP contribution < -0.4 is 5.32 Å². The number of amides is 1. The zero-order valence-corrected chi connectivity index (χ0v) is 10.4. The fourth-order valence-corrected chi connectivity index (χ4v) is 2.16. The first-order valence-corrected chi connectivity index (χ1v) is 5.76. The van der Waals surface area contributed by atoms with Gasteiger partial charge in [0.15, 0.2) is 0 Å². The van der Waals surface area contributed by atoms with Crippen LogP contribution in [0, 0.1) is 0 Å². The van der Waals surface area contributed by atoms with Gasteiger partial charge in [-0.15, -0.1) is 11.3 Å². The molecule has 1 aromatic rings. The van der Waals surface area contributed by atoms with Gasteiger partial charge in [-0.25, -0.2) is 4.79 Å². The van der Waals surface area contributed by atoms with Crippen LogP contribution in [0.5, 0.6) is 0 Å². The topological polar surface area (TPSA) is 55.4 Å². The van der Waals surface area contributed by atoms with Crippen LogP contribution in [-0.4, -0.2) is 25.2 Å². The van der Waals surface area contributed by atoms with Crippen molar-refractivity contribution < 1.29 is 27.5 Å². The molecule has 0 fully saturated rings. The highest BCUT2D eigenvalue weighted by Gasteiger charge is 2.39. The summed E-state index contributed by atoms with van der Waals surface area (Å²) in [6, 6.07) is 0. The van der Waals surface area contributed by atoms with Gasteiger partial charge in [0, 0.05) is 10.3 Å². The van der Waals surface area contributed by atoms with Gasteiger partial charge in [-0.05, 0) is 6.42 Å². The fraction of sp³-hybridized carbons (Fsp3) is 0.400. The summed E-state index contributed by atoms with van der Waals surface area (Å²) in [4.78, 5) is 22.7. The molecule has 1 amide bonds. The summed E-state index contributed by atoms with van der Waals surface area (Å²) in [5.41, 5.74) is -0.200. The highest BCUT2D eigenvalue weighted by atomic mass is 32.1. The molecule has 0 atom stereocenters. The molecule has 0 aliphatic carbocycles. The number of rotatable bonds is 3. The van der Waals surface area contributed by atoms with Crippen molar-refractivity contribution in [1.82, 2.24) is 0 Å². The zero-order valence-electron chi connectivity index (χ0n) is 9.55. The molecular formula is C10H10F3NO3S. The van der Waals surface area contributed by atoms with E-state index in [-0.39, 0.29) is 11.3 Å². The second-order valence-corrected chi connectivity index (χ2v) is 4.21. The smallest absolute Gasteiger partial charge is 0.465 e. The van der Waals surface area contributed by atoms with Crippen molar-refractivity contribution in [2.75, 3.05) is 12.4 Å². The lowest BCUT2D eigenvalue weighted by atomic mass is 10.2. The number of halogens is 3. The SMILES string of the molecule is CCc1scc(C(=O)OC)c1NC(=O)C(F)(F)F. The first-order chi connectivity index (χ1) is 8.31. The van der Waals surface area contributed by atoms with E-state index < -0.39 is 18.1 Å². The van der Waals surface area contributed by atoms with E-state index in [0.717, 1.165) is 18.4 Å². The van der Waals surface area contributed by atoms with E-state index in [9.17, 15) is 22.8 Å². The van der Waals surface area contributed by atoms with Gasteiger partial charge in [0.1, 0.15) is 0 Å². The van der Waals surface area contributed by atoms with Crippen LogP contribution in [0.4, 0.5) is 18.9 Å². The number of hydrogen-bond acceptors (Lipinski definition) is 4. The summed E-state index contributed by atoms with van der Waals surface area (Å²) < 4.78 is 40.9. The number of hydrogen-bond donors (Lipinski definition) is 1. The number of alkyl halides is 3. The second kappa shape index (κ2) is 5.38. The minimum absolute atomic E-state index is 0.0723. The molecule has 18 heavy (non-hydrogen) atoms. The number of nitrogens with one attached hydrogen (secondary N) is 1. The van der Waals surface area contributed by atoms with E-state index in [1.54, 1.807) is 12.2 Å². The molecule has 0 aliphatic rings. The second-order valence-electron chi connectivity index (χ2n) is 3.24. The summed E-state index contributed by atoms with van der Waals surface area (Å²) >= 11 is 1.09. The van der Waals surface area contributed by atoms with Gasteiger partial charge >= 0.3 is 18.1 Å². The number of carbonyl (C=O) groups excluding carboxylic acids is 2. The molecule has 0 saturated carbocycles. The van der Waals surface area contributed by atoms with E-state index >= 15 is 0 Å². The van der Waals surface area contributed by atoms with Crippen LogP contribution in [0.1, 0.15) is 22.2 Å². The summed E-state index contributed by atoms with van der Waals surface area (Å²) in [5, 5.41) is 3.07. The maximum Gasteiger partial charge on any atom is 0.471 e. The first kappa shape index (κ1) is 14.5. The van der Waals surface area contributed by atoms with Crippen molar-refractivity contribution in [3.8, 4) is 0 Å². The molecule has 1 aromatic heterocycles. The Balaban J connectivity index is 3.09. The predicted octanol–water partition coefficient (Wildman–Crippen LogP) is 2.60. The molecule has 0 aliphatic heterocycles. The largest absolute Gasteiger partial charge is 0.471 e. The summed E-state index contributed by atoms with van der Waals surface area (Å²) in [7, 11) is 1.11. The van der Waals surface area contributed by atoms with E-state index in [0.29, 0.717) is 11.3 Å². The number of anilines is 1. The predicted molar refractivity (Wildman–Crippen MR) is 59.7 cm³/mol. The lowest BCUT2D eigenvalue weighted by Gasteiger charge is -2.10. The third kappa shape index (κ3) is 3.00. The number of ether oxygens (including phenoxy) is 1. The number of methoxy groups -OCH3 is 1. The highest BCUT2D eigenvalue weighted by molar-refractivity contribution is 7.11. The molecule has 0 unspecified atom stereocenters. The number of carbonyl (C=O) groups is 2. The van der Waals surface area contributed by atoms with Gasteiger partial charge in [-0.2, -0.15) is 13.2 Å². The summed E-state index contributed by atoms with van der Waals surface area (Å²) in [6.07, 6.45) is -4.60. The Hall–Kier alpha value is -1.57. The van der Waals surface area contributed by atoms with Crippen LogP contribution in [0.3, 0.4) is 0 Å². The summed E-state index contributed by atoms with van der Waals surface area (Å²) in [6.45, 7) is 1.70. The monoisotopic (exact) mass is 281 g/mol. The molecule has 1 heterocycles. The molecule has 0 saturated heterocycles. The number of thiophene rings is 1. The van der Waals surface area contributed by atoms with Gasteiger partial charge in [0.2, 0.25) is 0 Å². The fourth-order valence-electron chi connectivity index (χ4n) is 1.24. The van der Waals surface area contributed by atoms with Crippen LogP contribution in [-0.2, 0) is 16.0 Å². The number of aryl methyl sites for hydroxylation is 1. The lowest BCUT2D eigenvalue weighted by Crippen LogP contribution is -2.30. The van der Waals surface area contributed by atoms with E-state index in [1.807, 2.05) is 0 Å². The third-order valence-electron chi connectivity index (χ3n) is 2.09. The van der Waals surface area contributed by atoms with Crippen molar-refractivity contribution in [3.05, 3.63) is 15.8 Å². The highest BCUT2D eigenvalue weighted by Crippen LogP contribution is 2.31. The van der Waals surface area contributed by atoms with Crippen molar-refractivity contribution in [2.24, 2.45) is 0 Å². The molecule has 100 valence electrons. The average molecular weight is 281 g/mol. The molecular weight excluding hydrogens is 271 g/mol. The Bertz CT molecular complexity index is 467. The van der Waals surface area contributed by atoms with Gasteiger partial charge in [0.05, 0.1) is 18.4 Å². The van der Waals surface area contributed by atoms with Gasteiger partial charge in [0.25, 0.3) is 0 Å². The standard InChI is InChI=1S/C10H10F3NO3S/c1-3-6-7(14-9(16)10(11,12)13)5(4-18-6)8(15)17-2/h4H,3H2,1-2H3,(H,14,16). The minimum Gasteiger partial charge on any atom is -0.465 e. The first-order valence-electron chi connectivity index (χ1n) is 4.88. The molecule has 0 aromatic carbocycles. The summed E-state index contributed by atoms with van der Waals surface area (Å²) in [5.74, 6) is -2.90. The molecule has 1 rings (SSSR count). The molecule has 8 heteroatoms. The Morgan fingerprint density at radius 2 is 2.06 bits per heavy atom. The quantitative estimate of drug-likeness (QED) is 0.866. The maximum atomic E-state index is 12.2. The lowest BCUT2D eigenvalue weighted by molar-refractivity contribution is -0.167. The average Bonchev–Trinajstić information content (AvgIpc) is 2.69. The van der Waals surface area contributed by atoms with Crippen molar-refractivity contribution in [3.63, 3.8) is 0 Å². The van der Waals surface area contributed by atoms with E-state index in [2.05, 4.69) is 4.74 Å². The Kier molecular flexibility index (Phi) is 4.33. The minimum atomic E-state index is -5.00. The Labute approximate surface area is 105 Å². The van der Waals surface area contributed by atoms with Crippen molar-refractivity contribution >= 4 is 28.9 Å². The molecule has 1 N–H and O–H groups in total. The van der Waals surface area contributed by atoms with E-state index in [4.69, 9.17) is 0 Å². The van der Waals surface area contributed by atoms with Gasteiger partial charge in [-0.3, -0.25) is 4.79 Å². The molecule has 4 nitrogen and oxygen atoms in total. The van der Waals surface area contributed by atoms with Gasteiger partial charge < -0.3 is 10.1 Å². The van der Waals surface area contributed by atoms with Crippen LogP contribution in [0.2, 0.25) is 0 Å². The van der Waals surface area contributed by atoms with Gasteiger partial charge in [-0.1, -0.05) is 6.92 Å². The van der Waals surface area contributed by atoms with Crippen LogP contribution >= 0.6 is 11.3 Å². The molecule has 0 bridgehead atoms. The maximum absolute atomic E-state index is 12.2. The van der Waals surface area contributed by atoms with Crippen LogP contribution in [0.15, 0.2) is 5.38 Å². The van der Waals surface area contributed by atoms with E-state index in [1.165, 1.54) is 5.38 Å². The Morgan fingerprint density at radius 1 is 1.44 bits per heavy atom. The third-order valence-corrected chi connectivity index (χ3v) is 3.22. The van der Waals surface area contributed by atoms with Crippen molar-refractivity contribution in [1.29, 1.82) is 0 Å². The zero-order chi connectivity index (χ0) is 13.9. The molecule has 0 spiro atoms. The normalized spacial score (nSPS) is 11.2. The van der Waals surface area contributed by atoms with Crippen LogP contribution in [0.25, 0.3) is 0 Å².